The summed E-state index contributed by atoms with van der Waals surface area (Å²) in [6.07, 6.45) is 9.59. The van der Waals surface area contributed by atoms with Crippen LogP contribution in [0.15, 0.2) is 42.5 Å². The van der Waals surface area contributed by atoms with Gasteiger partial charge in [0.05, 0.1) is 10.0 Å². The highest BCUT2D eigenvalue weighted by molar-refractivity contribution is 6.42. The molecule has 0 saturated heterocycles. The lowest BCUT2D eigenvalue weighted by molar-refractivity contribution is -0.138. The minimum Gasteiger partial charge on any atom is -0.480 e. The number of hydrogen-bond acceptors (Lipinski definition) is 6. The van der Waals surface area contributed by atoms with E-state index in [1.165, 1.54) is 32.1 Å². The number of carbonyl (C=O) groups excluding carboxylic acids is 1. The molecule has 0 unspecified atom stereocenters. The molecule has 7 N–H and O–H groups in total. The molecule has 9 heteroatoms. The molecule has 34 heavy (non-hydrogen) atoms. The lowest BCUT2D eigenvalue weighted by Gasteiger charge is -2.15. The number of carbonyl (C=O) groups is 2. The van der Waals surface area contributed by atoms with Crippen LogP contribution in [0, 0.1) is 0 Å². The van der Waals surface area contributed by atoms with E-state index in [-0.39, 0.29) is 0 Å². The first-order valence-corrected chi connectivity index (χ1v) is 12.1. The Balaban J connectivity index is 0.000000288. The van der Waals surface area contributed by atoms with Crippen LogP contribution in [0.3, 0.4) is 0 Å². The molecule has 2 aromatic carbocycles. The first-order chi connectivity index (χ1) is 16.3. The van der Waals surface area contributed by atoms with E-state index in [2.05, 4.69) is 0 Å². The van der Waals surface area contributed by atoms with Gasteiger partial charge in [-0.3, -0.25) is 9.59 Å². The molecule has 188 valence electrons. The lowest BCUT2D eigenvalue weighted by Crippen LogP contribution is -2.29. The highest BCUT2D eigenvalue weighted by Crippen LogP contribution is 2.29. The Bertz CT molecular complexity index is 877. The Morgan fingerprint density at radius 1 is 1.06 bits per heavy atom. The molecular formula is C25H35Cl2N3O4. The summed E-state index contributed by atoms with van der Waals surface area (Å²) in [7, 11) is 0. The fraction of sp³-hybridized carbons (Fsp3) is 0.440. The van der Waals surface area contributed by atoms with Crippen molar-refractivity contribution in [2.75, 3.05) is 6.54 Å². The number of nitrogens with two attached hydrogens (primary N) is 3. The van der Waals surface area contributed by atoms with E-state index in [1.54, 1.807) is 42.5 Å². The number of carboxylic acids is 1. The molecule has 1 atom stereocenters. The topological polar surface area (TPSA) is 142 Å². The fourth-order valence-electron chi connectivity index (χ4n) is 3.09. The summed E-state index contributed by atoms with van der Waals surface area (Å²) < 4.78 is 5.55. The lowest BCUT2D eigenvalue weighted by atomic mass is 9.97. The average molecular weight is 512 g/mol. The standard InChI is InChI=1S/C13H8Cl2O2.C6H14N2O2.C6H13N/c14-12-5-4-11(7-13(12)15)17-10-3-1-2-9(6-10)8-16;7-4-2-1-3-5(8)6(9)10;7-6-4-2-1-3-5-6/h1-8H;5H,1-4,7-8H2,(H,9,10);6H,1-5,7H2/t;5-;/m.0./s1. The van der Waals surface area contributed by atoms with Gasteiger partial charge in [-0.1, -0.05) is 61.0 Å². The molecular weight excluding hydrogens is 477 g/mol. The number of unbranched alkanes of at least 4 members (excludes halogenated alkanes) is 1. The number of hydrogen-bond donors (Lipinski definition) is 4. The molecule has 0 heterocycles. The van der Waals surface area contributed by atoms with Gasteiger partial charge in [-0.2, -0.15) is 0 Å². The van der Waals surface area contributed by atoms with Gasteiger partial charge in [-0.25, -0.2) is 0 Å². The SMILES string of the molecule is NC1CCCCC1.NCCCC[C@H](N)C(=O)O.O=Cc1cccc(Oc2ccc(Cl)c(Cl)c2)c1. The van der Waals surface area contributed by atoms with E-state index in [0.717, 1.165) is 19.1 Å². The van der Waals surface area contributed by atoms with Crippen LogP contribution in [0.2, 0.25) is 10.0 Å². The van der Waals surface area contributed by atoms with Crippen LogP contribution < -0.4 is 21.9 Å². The third-order valence-corrected chi connectivity index (χ3v) is 5.80. The summed E-state index contributed by atoms with van der Waals surface area (Å²) in [4.78, 5) is 20.8. The highest BCUT2D eigenvalue weighted by Gasteiger charge is 2.09. The molecule has 0 spiro atoms. The maximum atomic E-state index is 10.6. The number of benzene rings is 2. The third-order valence-electron chi connectivity index (χ3n) is 5.06. The van der Waals surface area contributed by atoms with Gasteiger partial charge in [-0.05, 0) is 56.5 Å². The summed E-state index contributed by atoms with van der Waals surface area (Å²) in [5.74, 6) is 0.215. The normalized spacial score (nSPS) is 14.0. The second-order valence-corrected chi connectivity index (χ2v) is 8.81. The summed E-state index contributed by atoms with van der Waals surface area (Å²) >= 11 is 11.7. The van der Waals surface area contributed by atoms with E-state index < -0.39 is 12.0 Å². The number of carboxylic acid groups (broad SMARTS) is 1. The van der Waals surface area contributed by atoms with Gasteiger partial charge in [-0.15, -0.1) is 0 Å². The van der Waals surface area contributed by atoms with Gasteiger partial charge >= 0.3 is 5.97 Å². The predicted molar refractivity (Wildman–Crippen MR) is 138 cm³/mol. The van der Waals surface area contributed by atoms with Crippen molar-refractivity contribution in [3.05, 3.63) is 58.1 Å². The van der Waals surface area contributed by atoms with Crippen molar-refractivity contribution >= 4 is 35.5 Å². The number of rotatable bonds is 8. The van der Waals surface area contributed by atoms with Crippen LogP contribution >= 0.6 is 23.2 Å². The zero-order valence-corrected chi connectivity index (χ0v) is 20.8. The Kier molecular flexibility index (Phi) is 15.2. The Labute approximate surface area is 211 Å². The maximum absolute atomic E-state index is 10.6. The van der Waals surface area contributed by atoms with E-state index in [9.17, 15) is 9.59 Å². The molecule has 0 aliphatic heterocycles. The van der Waals surface area contributed by atoms with Crippen LogP contribution in [0.25, 0.3) is 0 Å². The zero-order valence-electron chi connectivity index (χ0n) is 19.3. The molecule has 0 amide bonds. The molecule has 1 saturated carbocycles. The monoisotopic (exact) mass is 511 g/mol. The number of aliphatic carboxylic acids is 1. The largest absolute Gasteiger partial charge is 0.480 e. The van der Waals surface area contributed by atoms with E-state index in [0.29, 0.717) is 46.1 Å². The highest BCUT2D eigenvalue weighted by atomic mass is 35.5. The fourth-order valence-corrected chi connectivity index (χ4v) is 3.38. The Hall–Kier alpha value is -2.16. The average Bonchev–Trinajstić information content (AvgIpc) is 2.83. The van der Waals surface area contributed by atoms with Crippen LogP contribution in [0.4, 0.5) is 0 Å². The first kappa shape index (κ1) is 29.9. The van der Waals surface area contributed by atoms with Crippen LogP contribution in [0.5, 0.6) is 11.5 Å². The van der Waals surface area contributed by atoms with E-state index in [1.807, 2.05) is 0 Å². The molecule has 0 radical (unpaired) electrons. The van der Waals surface area contributed by atoms with Crippen molar-refractivity contribution in [3.8, 4) is 11.5 Å². The molecule has 1 aliphatic rings. The number of aldehydes is 1. The van der Waals surface area contributed by atoms with Crippen molar-refractivity contribution in [1.29, 1.82) is 0 Å². The van der Waals surface area contributed by atoms with Gasteiger partial charge in [0.2, 0.25) is 0 Å². The van der Waals surface area contributed by atoms with E-state index >= 15 is 0 Å². The molecule has 1 aliphatic carbocycles. The van der Waals surface area contributed by atoms with Crippen LogP contribution in [-0.2, 0) is 4.79 Å². The van der Waals surface area contributed by atoms with E-state index in [4.69, 9.17) is 50.2 Å². The van der Waals surface area contributed by atoms with Crippen molar-refractivity contribution in [2.24, 2.45) is 17.2 Å². The Morgan fingerprint density at radius 3 is 2.26 bits per heavy atom. The summed E-state index contributed by atoms with van der Waals surface area (Å²) in [6.45, 7) is 0.604. The molecule has 1 fully saturated rings. The van der Waals surface area contributed by atoms with Crippen molar-refractivity contribution in [2.45, 2.75) is 63.5 Å². The zero-order chi connectivity index (χ0) is 25.3. The number of halogens is 2. The van der Waals surface area contributed by atoms with Crippen molar-refractivity contribution in [1.82, 2.24) is 0 Å². The van der Waals surface area contributed by atoms with Gasteiger partial charge in [0, 0.05) is 17.7 Å². The van der Waals surface area contributed by atoms with Crippen LogP contribution in [0.1, 0.15) is 61.7 Å². The maximum Gasteiger partial charge on any atom is 0.320 e. The van der Waals surface area contributed by atoms with Crippen molar-refractivity contribution < 1.29 is 19.4 Å². The third kappa shape index (κ3) is 12.9. The summed E-state index contributed by atoms with van der Waals surface area (Å²) in [6, 6.07) is 11.7. The van der Waals surface area contributed by atoms with Crippen LogP contribution in [-0.4, -0.2) is 36.0 Å². The number of ether oxygens (including phenoxy) is 1. The van der Waals surface area contributed by atoms with Gasteiger partial charge in [0.1, 0.15) is 23.8 Å². The quantitative estimate of drug-likeness (QED) is 0.274. The molecule has 0 bridgehead atoms. The first-order valence-electron chi connectivity index (χ1n) is 11.4. The molecule has 3 rings (SSSR count). The summed E-state index contributed by atoms with van der Waals surface area (Å²) in [5.41, 5.74) is 16.6. The van der Waals surface area contributed by atoms with Gasteiger partial charge in [0.15, 0.2) is 0 Å². The summed E-state index contributed by atoms with van der Waals surface area (Å²) in [5, 5.41) is 9.22. The molecule has 7 nitrogen and oxygen atoms in total. The minimum atomic E-state index is -0.933. The minimum absolute atomic E-state index is 0.427. The smallest absolute Gasteiger partial charge is 0.320 e. The Morgan fingerprint density at radius 2 is 1.74 bits per heavy atom. The molecule has 2 aromatic rings. The molecule has 0 aromatic heterocycles. The van der Waals surface area contributed by atoms with Gasteiger partial charge < -0.3 is 27.0 Å². The second-order valence-electron chi connectivity index (χ2n) is 8.00. The second kappa shape index (κ2) is 17.3. The predicted octanol–water partition coefficient (Wildman–Crippen LogP) is 5.40. The van der Waals surface area contributed by atoms with Gasteiger partial charge in [0.25, 0.3) is 0 Å². The van der Waals surface area contributed by atoms with Crippen molar-refractivity contribution in [3.63, 3.8) is 0 Å².